The SMILES string of the molecule is N#Cc1c(Br)cccc1-n1cc([N+](=O)[O-])cn1. The molecule has 0 aliphatic rings. The van der Waals surface area contributed by atoms with Gasteiger partial charge in [-0.1, -0.05) is 6.07 Å². The lowest BCUT2D eigenvalue weighted by molar-refractivity contribution is -0.384. The molecule has 0 aliphatic carbocycles. The van der Waals surface area contributed by atoms with Crippen molar-refractivity contribution in [2.75, 3.05) is 0 Å². The molecule has 0 saturated carbocycles. The average molecular weight is 293 g/mol. The van der Waals surface area contributed by atoms with E-state index in [4.69, 9.17) is 5.26 Å². The molecule has 2 aromatic rings. The standard InChI is InChI=1S/C10H5BrN4O2/c11-9-2-1-3-10(8(9)4-12)14-6-7(5-13-14)15(16)17/h1-3,5-6H. The third kappa shape index (κ3) is 2.03. The Bertz CT molecular complexity index is 629. The van der Waals surface area contributed by atoms with Gasteiger partial charge >= 0.3 is 5.69 Å². The van der Waals surface area contributed by atoms with E-state index in [1.807, 2.05) is 6.07 Å². The van der Waals surface area contributed by atoms with Crippen molar-refractivity contribution in [3.8, 4) is 11.8 Å². The van der Waals surface area contributed by atoms with Gasteiger partial charge in [-0.05, 0) is 28.1 Å². The summed E-state index contributed by atoms with van der Waals surface area (Å²) in [6, 6.07) is 7.14. The summed E-state index contributed by atoms with van der Waals surface area (Å²) in [4.78, 5) is 10.0. The maximum atomic E-state index is 10.5. The highest BCUT2D eigenvalue weighted by molar-refractivity contribution is 9.10. The molecule has 7 heteroatoms. The Kier molecular flexibility index (Phi) is 2.89. The molecule has 0 unspecified atom stereocenters. The number of benzene rings is 1. The number of nitrogens with zero attached hydrogens (tertiary/aromatic N) is 4. The van der Waals surface area contributed by atoms with Crippen molar-refractivity contribution in [2.24, 2.45) is 0 Å². The number of hydrogen-bond acceptors (Lipinski definition) is 4. The van der Waals surface area contributed by atoms with Crippen LogP contribution in [0.5, 0.6) is 0 Å². The normalized spacial score (nSPS) is 9.88. The third-order valence-electron chi connectivity index (χ3n) is 2.13. The molecule has 84 valence electrons. The zero-order valence-corrected chi connectivity index (χ0v) is 9.96. The van der Waals surface area contributed by atoms with Crippen LogP contribution in [0, 0.1) is 21.4 Å². The van der Waals surface area contributed by atoms with Crippen LogP contribution in [0.4, 0.5) is 5.69 Å². The number of halogens is 1. The fourth-order valence-corrected chi connectivity index (χ4v) is 1.80. The van der Waals surface area contributed by atoms with E-state index in [9.17, 15) is 10.1 Å². The van der Waals surface area contributed by atoms with Gasteiger partial charge in [-0.25, -0.2) is 4.68 Å². The molecule has 0 bridgehead atoms. The van der Waals surface area contributed by atoms with Crippen molar-refractivity contribution in [1.29, 1.82) is 5.26 Å². The Morgan fingerprint density at radius 3 is 2.88 bits per heavy atom. The van der Waals surface area contributed by atoms with Crippen LogP contribution in [0.2, 0.25) is 0 Å². The molecule has 1 aromatic carbocycles. The van der Waals surface area contributed by atoms with Gasteiger partial charge in [-0.15, -0.1) is 0 Å². The van der Waals surface area contributed by atoms with Crippen LogP contribution < -0.4 is 0 Å². The number of nitro groups is 1. The fourth-order valence-electron chi connectivity index (χ4n) is 1.35. The molecule has 1 aromatic heterocycles. The van der Waals surface area contributed by atoms with E-state index in [1.54, 1.807) is 18.2 Å². The molecule has 0 saturated heterocycles. The van der Waals surface area contributed by atoms with Gasteiger partial charge in [-0.2, -0.15) is 10.4 Å². The van der Waals surface area contributed by atoms with Gasteiger partial charge in [0.15, 0.2) is 0 Å². The Morgan fingerprint density at radius 2 is 2.29 bits per heavy atom. The smallest absolute Gasteiger partial charge is 0.258 e. The van der Waals surface area contributed by atoms with Crippen molar-refractivity contribution >= 4 is 21.6 Å². The summed E-state index contributed by atoms with van der Waals surface area (Å²) in [6.07, 6.45) is 2.41. The average Bonchev–Trinajstić information content (AvgIpc) is 2.77. The van der Waals surface area contributed by atoms with E-state index in [0.717, 1.165) is 6.20 Å². The molecule has 0 aliphatic heterocycles. The second-order valence-corrected chi connectivity index (χ2v) is 4.00. The van der Waals surface area contributed by atoms with E-state index in [-0.39, 0.29) is 5.69 Å². The largest absolute Gasteiger partial charge is 0.307 e. The van der Waals surface area contributed by atoms with E-state index in [0.29, 0.717) is 15.7 Å². The fraction of sp³-hybridized carbons (Fsp3) is 0. The number of aromatic nitrogens is 2. The topological polar surface area (TPSA) is 84.8 Å². The van der Waals surface area contributed by atoms with Crippen molar-refractivity contribution < 1.29 is 4.92 Å². The molecule has 0 spiro atoms. The summed E-state index contributed by atoms with van der Waals surface area (Å²) in [5.74, 6) is 0. The number of nitriles is 1. The minimum atomic E-state index is -0.534. The van der Waals surface area contributed by atoms with Gasteiger partial charge in [0.05, 0.1) is 16.2 Å². The van der Waals surface area contributed by atoms with Crippen LogP contribution in [0.1, 0.15) is 5.56 Å². The van der Waals surface area contributed by atoms with Gasteiger partial charge in [0, 0.05) is 4.47 Å². The highest BCUT2D eigenvalue weighted by Crippen LogP contribution is 2.23. The number of rotatable bonds is 2. The predicted octanol–water partition coefficient (Wildman–Crippen LogP) is 2.41. The Hall–Kier alpha value is -2.20. The number of hydrogen-bond donors (Lipinski definition) is 0. The van der Waals surface area contributed by atoms with Gasteiger partial charge < -0.3 is 0 Å². The Labute approximate surface area is 104 Å². The third-order valence-corrected chi connectivity index (χ3v) is 2.79. The van der Waals surface area contributed by atoms with Crippen LogP contribution in [0.3, 0.4) is 0 Å². The first-order chi connectivity index (χ1) is 8.13. The first kappa shape index (κ1) is 11.3. The van der Waals surface area contributed by atoms with Crippen LogP contribution in [-0.4, -0.2) is 14.7 Å². The molecule has 0 fully saturated rings. The van der Waals surface area contributed by atoms with E-state index in [2.05, 4.69) is 21.0 Å². The van der Waals surface area contributed by atoms with Crippen molar-refractivity contribution in [3.05, 3.63) is 50.7 Å². The molecule has 17 heavy (non-hydrogen) atoms. The van der Waals surface area contributed by atoms with Crippen LogP contribution in [0.15, 0.2) is 35.1 Å². The van der Waals surface area contributed by atoms with E-state index < -0.39 is 4.92 Å². The Morgan fingerprint density at radius 1 is 1.53 bits per heavy atom. The maximum absolute atomic E-state index is 10.5. The monoisotopic (exact) mass is 292 g/mol. The van der Waals surface area contributed by atoms with Crippen molar-refractivity contribution in [3.63, 3.8) is 0 Å². The zero-order valence-electron chi connectivity index (χ0n) is 8.37. The second kappa shape index (κ2) is 4.35. The minimum absolute atomic E-state index is 0.117. The predicted molar refractivity (Wildman–Crippen MR) is 62.6 cm³/mol. The lowest BCUT2D eigenvalue weighted by Gasteiger charge is -2.04. The first-order valence-electron chi connectivity index (χ1n) is 4.51. The van der Waals surface area contributed by atoms with Gasteiger partial charge in [-0.3, -0.25) is 10.1 Å². The second-order valence-electron chi connectivity index (χ2n) is 3.15. The molecular formula is C10H5BrN4O2. The summed E-state index contributed by atoms with van der Waals surface area (Å²) in [5.41, 5.74) is 0.759. The van der Waals surface area contributed by atoms with Crippen molar-refractivity contribution in [2.45, 2.75) is 0 Å². The minimum Gasteiger partial charge on any atom is -0.258 e. The molecule has 0 amide bonds. The van der Waals surface area contributed by atoms with Crippen molar-refractivity contribution in [1.82, 2.24) is 9.78 Å². The summed E-state index contributed by atoms with van der Waals surface area (Å²) >= 11 is 3.24. The molecule has 0 N–H and O–H groups in total. The van der Waals surface area contributed by atoms with Crippen LogP contribution in [0.25, 0.3) is 5.69 Å². The molecule has 2 rings (SSSR count). The van der Waals surface area contributed by atoms with Gasteiger partial charge in [0.1, 0.15) is 18.5 Å². The summed E-state index contributed by atoms with van der Waals surface area (Å²) in [7, 11) is 0. The Balaban J connectivity index is 2.57. The van der Waals surface area contributed by atoms with Crippen LogP contribution >= 0.6 is 15.9 Å². The zero-order chi connectivity index (χ0) is 12.4. The summed E-state index contributed by atoms with van der Waals surface area (Å²) in [6.45, 7) is 0. The lowest BCUT2D eigenvalue weighted by atomic mass is 10.2. The molecule has 0 atom stereocenters. The summed E-state index contributed by atoms with van der Waals surface area (Å²) < 4.78 is 1.93. The van der Waals surface area contributed by atoms with E-state index in [1.165, 1.54) is 10.9 Å². The molecule has 6 nitrogen and oxygen atoms in total. The molecule has 0 radical (unpaired) electrons. The molecule has 1 heterocycles. The summed E-state index contributed by atoms with van der Waals surface area (Å²) in [5, 5.41) is 23.4. The highest BCUT2D eigenvalue weighted by Gasteiger charge is 2.13. The highest BCUT2D eigenvalue weighted by atomic mass is 79.9. The lowest BCUT2D eigenvalue weighted by Crippen LogP contribution is -1.98. The van der Waals surface area contributed by atoms with Crippen LogP contribution in [-0.2, 0) is 0 Å². The quantitative estimate of drug-likeness (QED) is 0.628. The first-order valence-corrected chi connectivity index (χ1v) is 5.31. The van der Waals surface area contributed by atoms with Gasteiger partial charge in [0.2, 0.25) is 0 Å². The maximum Gasteiger partial charge on any atom is 0.307 e. The molecular weight excluding hydrogens is 288 g/mol. The van der Waals surface area contributed by atoms with E-state index >= 15 is 0 Å². The van der Waals surface area contributed by atoms with Gasteiger partial charge in [0.25, 0.3) is 0 Å².